The molecule has 2 aromatic carbocycles. The van der Waals surface area contributed by atoms with E-state index in [1.165, 1.54) is 11.1 Å². The second kappa shape index (κ2) is 15.1. The fraction of sp³-hybridized carbons (Fsp3) is 0.423. The lowest BCUT2D eigenvalue weighted by atomic mass is 9.87. The predicted molar refractivity (Wildman–Crippen MR) is 134 cm³/mol. The van der Waals surface area contributed by atoms with E-state index in [0.29, 0.717) is 13.1 Å². The van der Waals surface area contributed by atoms with Gasteiger partial charge >= 0.3 is 12.1 Å². The lowest BCUT2D eigenvalue weighted by Gasteiger charge is -2.31. The number of Topliss-reactive ketones (excluding diaryl/α,β-unsaturated/α-hetero) is 1. The van der Waals surface area contributed by atoms with Gasteiger partial charge in [0.1, 0.15) is 0 Å². The second-order valence-electron chi connectivity index (χ2n) is 8.62. The molecule has 0 fully saturated rings. The van der Waals surface area contributed by atoms with Gasteiger partial charge in [0.15, 0.2) is 11.4 Å². The fourth-order valence-electron chi connectivity index (χ4n) is 3.28. The van der Waals surface area contributed by atoms with Gasteiger partial charge in [0, 0.05) is 6.54 Å². The maximum absolute atomic E-state index is 12.7. The maximum Gasteiger partial charge on any atom is 0.490 e. The first-order chi connectivity index (χ1) is 17.3. The van der Waals surface area contributed by atoms with Crippen molar-refractivity contribution in [2.75, 3.05) is 13.1 Å². The number of carboxylic acids is 1. The number of nitrogens with one attached hydrogen (secondary N) is 2. The lowest BCUT2D eigenvalue weighted by Crippen LogP contribution is -2.67. The van der Waals surface area contributed by atoms with Crippen LogP contribution in [0.5, 0.6) is 0 Å². The smallest absolute Gasteiger partial charge is 0.475 e. The molecular formula is C26H35F3N4O4. The molecule has 0 radical (unpaired) electrons. The number of halogens is 3. The van der Waals surface area contributed by atoms with E-state index in [1.54, 1.807) is 13.8 Å². The highest BCUT2D eigenvalue weighted by Crippen LogP contribution is 2.14. The van der Waals surface area contributed by atoms with Crippen molar-refractivity contribution in [3.05, 3.63) is 71.8 Å². The summed E-state index contributed by atoms with van der Waals surface area (Å²) in [5, 5.41) is 13.1. The molecule has 7 N–H and O–H groups in total. The van der Waals surface area contributed by atoms with Crippen LogP contribution in [-0.4, -0.2) is 53.7 Å². The Bertz CT molecular complexity index is 986. The summed E-state index contributed by atoms with van der Waals surface area (Å²) in [5.74, 6) is -4.25. The molecule has 8 nitrogen and oxygen atoms in total. The quantitative estimate of drug-likeness (QED) is 0.212. The Morgan fingerprint density at radius 3 is 1.78 bits per heavy atom. The number of ketones is 1. The molecule has 0 saturated heterocycles. The Morgan fingerprint density at radius 2 is 1.32 bits per heavy atom. The third-order valence-electron chi connectivity index (χ3n) is 5.68. The van der Waals surface area contributed by atoms with Gasteiger partial charge in [-0.1, -0.05) is 67.6 Å². The second-order valence-corrected chi connectivity index (χ2v) is 8.62. The molecule has 2 aromatic rings. The first-order valence-corrected chi connectivity index (χ1v) is 11.8. The van der Waals surface area contributed by atoms with Crippen LogP contribution in [-0.2, 0) is 27.2 Å². The molecule has 0 aliphatic rings. The van der Waals surface area contributed by atoms with Crippen molar-refractivity contribution in [2.45, 2.75) is 51.0 Å². The van der Waals surface area contributed by atoms with Crippen molar-refractivity contribution in [1.82, 2.24) is 10.6 Å². The molecule has 0 aromatic heterocycles. The standard InChI is InChI=1S/C24H34N4O2.C2HF3O2/c1-18(22(29)19(2)27-17-15-21-12-7-4-8-13-21)24(25,26)23(30)28-16-9-14-20-10-5-3-6-11-20;3-2(4,5)1(6)7/h3-8,10-13,18-19,27H,9,14-17,25-26H2,1-2H3,(H,28,30);(H,6,7). The number of carboxylic acid groups (broad SMARTS) is 1. The van der Waals surface area contributed by atoms with Crippen molar-refractivity contribution in [3.63, 3.8) is 0 Å². The molecule has 2 rings (SSSR count). The third kappa shape index (κ3) is 11.5. The van der Waals surface area contributed by atoms with Crippen molar-refractivity contribution in [1.29, 1.82) is 0 Å². The van der Waals surface area contributed by atoms with E-state index < -0.39 is 35.7 Å². The van der Waals surface area contributed by atoms with Crippen LogP contribution in [0.3, 0.4) is 0 Å². The number of hydrogen-bond acceptors (Lipinski definition) is 6. The van der Waals surface area contributed by atoms with Crippen LogP contribution in [0.4, 0.5) is 13.2 Å². The first kappa shape index (κ1) is 31.7. The van der Waals surface area contributed by atoms with Crippen LogP contribution in [0, 0.1) is 5.92 Å². The Hall–Kier alpha value is -3.28. The predicted octanol–water partition coefficient (Wildman–Crippen LogP) is 2.41. The van der Waals surface area contributed by atoms with Gasteiger partial charge < -0.3 is 27.2 Å². The van der Waals surface area contributed by atoms with Crippen molar-refractivity contribution < 1.29 is 32.7 Å². The average molecular weight is 525 g/mol. The SMILES string of the molecule is CC(NCCc1ccccc1)C(=O)C(C)C(N)(N)C(=O)NCCCc1ccccc1.O=C(O)C(F)(F)F. The number of benzene rings is 2. The molecule has 204 valence electrons. The van der Waals surface area contributed by atoms with E-state index in [2.05, 4.69) is 10.6 Å². The number of carbonyl (C=O) groups excluding carboxylic acids is 2. The van der Waals surface area contributed by atoms with Crippen LogP contribution >= 0.6 is 0 Å². The molecule has 11 heteroatoms. The van der Waals surface area contributed by atoms with Gasteiger partial charge in [-0.15, -0.1) is 0 Å². The number of alkyl halides is 3. The Balaban J connectivity index is 0.000000856. The Kier molecular flexibility index (Phi) is 12.9. The summed E-state index contributed by atoms with van der Waals surface area (Å²) >= 11 is 0. The zero-order valence-electron chi connectivity index (χ0n) is 20.9. The Labute approximate surface area is 214 Å². The summed E-state index contributed by atoms with van der Waals surface area (Å²) in [6, 6.07) is 19.6. The van der Waals surface area contributed by atoms with Crippen molar-refractivity contribution in [2.24, 2.45) is 17.4 Å². The molecular weight excluding hydrogens is 489 g/mol. The zero-order valence-corrected chi connectivity index (χ0v) is 20.9. The summed E-state index contributed by atoms with van der Waals surface area (Å²) in [6.07, 6.45) is -2.66. The number of aliphatic carboxylic acids is 1. The summed E-state index contributed by atoms with van der Waals surface area (Å²) in [5.41, 5.74) is 12.8. The molecule has 0 spiro atoms. The van der Waals surface area contributed by atoms with Crippen LogP contribution < -0.4 is 22.1 Å². The molecule has 1 amide bonds. The number of nitrogens with two attached hydrogens (primary N) is 2. The van der Waals surface area contributed by atoms with Gasteiger partial charge in [0.25, 0.3) is 5.91 Å². The van der Waals surface area contributed by atoms with Gasteiger partial charge in [0.2, 0.25) is 0 Å². The highest BCUT2D eigenvalue weighted by Gasteiger charge is 2.41. The van der Waals surface area contributed by atoms with Gasteiger partial charge in [-0.2, -0.15) is 13.2 Å². The molecule has 0 aliphatic carbocycles. The minimum Gasteiger partial charge on any atom is -0.475 e. The molecule has 0 aliphatic heterocycles. The summed E-state index contributed by atoms with van der Waals surface area (Å²) in [4.78, 5) is 34.2. The highest BCUT2D eigenvalue weighted by atomic mass is 19.4. The van der Waals surface area contributed by atoms with Gasteiger partial charge in [-0.25, -0.2) is 4.79 Å². The summed E-state index contributed by atoms with van der Waals surface area (Å²) in [7, 11) is 0. The first-order valence-electron chi connectivity index (χ1n) is 11.8. The molecule has 2 unspecified atom stereocenters. The maximum atomic E-state index is 12.7. The van der Waals surface area contributed by atoms with Gasteiger partial charge in [-0.3, -0.25) is 9.59 Å². The van der Waals surface area contributed by atoms with Crippen LogP contribution in [0.25, 0.3) is 0 Å². The monoisotopic (exact) mass is 524 g/mol. The average Bonchev–Trinajstić information content (AvgIpc) is 2.86. The van der Waals surface area contributed by atoms with Crippen LogP contribution in [0.2, 0.25) is 0 Å². The van der Waals surface area contributed by atoms with Crippen molar-refractivity contribution in [3.8, 4) is 0 Å². The van der Waals surface area contributed by atoms with Gasteiger partial charge in [0.05, 0.1) is 12.0 Å². The molecule has 2 atom stereocenters. The third-order valence-corrected chi connectivity index (χ3v) is 5.68. The topological polar surface area (TPSA) is 148 Å². The number of amides is 1. The minimum atomic E-state index is -5.08. The Morgan fingerprint density at radius 1 is 0.865 bits per heavy atom. The van der Waals surface area contributed by atoms with Gasteiger partial charge in [-0.05, 0) is 43.9 Å². The molecule has 0 heterocycles. The van der Waals surface area contributed by atoms with E-state index in [9.17, 15) is 22.8 Å². The summed E-state index contributed by atoms with van der Waals surface area (Å²) in [6.45, 7) is 4.49. The van der Waals surface area contributed by atoms with Crippen molar-refractivity contribution >= 4 is 17.7 Å². The number of rotatable bonds is 12. The summed E-state index contributed by atoms with van der Waals surface area (Å²) < 4.78 is 31.7. The largest absolute Gasteiger partial charge is 0.490 e. The number of aryl methyl sites for hydroxylation is 1. The zero-order chi connectivity index (χ0) is 28.1. The normalized spacial score (nSPS) is 13.1. The molecule has 0 bridgehead atoms. The fourth-order valence-corrected chi connectivity index (χ4v) is 3.28. The molecule has 37 heavy (non-hydrogen) atoms. The van der Waals surface area contributed by atoms with E-state index in [0.717, 1.165) is 19.3 Å². The highest BCUT2D eigenvalue weighted by molar-refractivity contribution is 5.95. The minimum absolute atomic E-state index is 0.174. The van der Waals surface area contributed by atoms with Crippen LogP contribution in [0.1, 0.15) is 31.4 Å². The van der Waals surface area contributed by atoms with E-state index in [1.807, 2.05) is 60.7 Å². The van der Waals surface area contributed by atoms with Crippen LogP contribution in [0.15, 0.2) is 60.7 Å². The number of carbonyl (C=O) groups is 3. The van der Waals surface area contributed by atoms with E-state index in [-0.39, 0.29) is 5.78 Å². The lowest BCUT2D eigenvalue weighted by molar-refractivity contribution is -0.192. The number of hydrogen-bond donors (Lipinski definition) is 5. The molecule has 0 saturated carbocycles. The van der Waals surface area contributed by atoms with E-state index >= 15 is 0 Å². The van der Waals surface area contributed by atoms with E-state index in [4.69, 9.17) is 21.4 Å².